The highest BCUT2D eigenvalue weighted by molar-refractivity contribution is 5.84. The lowest BCUT2D eigenvalue weighted by molar-refractivity contribution is -0.140. The number of aliphatic carboxylic acids is 2. The van der Waals surface area contributed by atoms with Crippen molar-refractivity contribution in [2.45, 2.75) is 0 Å². The first-order valence-electron chi connectivity index (χ1n) is 8.80. The van der Waals surface area contributed by atoms with Gasteiger partial charge in [0.15, 0.2) is 42.8 Å². The Bertz CT molecular complexity index is 959. The summed E-state index contributed by atoms with van der Waals surface area (Å²) < 4.78 is 20.7. The number of amides is 1. The normalized spacial score (nSPS) is 10.4. The van der Waals surface area contributed by atoms with E-state index in [1.54, 1.807) is 24.3 Å². The van der Waals surface area contributed by atoms with Crippen LogP contribution in [0.15, 0.2) is 47.6 Å². The zero-order chi connectivity index (χ0) is 22.6. The Morgan fingerprint density at radius 2 is 1.45 bits per heavy atom. The maximum absolute atomic E-state index is 11.9. The molecule has 2 aromatic rings. The Labute approximate surface area is 176 Å². The number of nitrogens with one attached hydrogen (secondary N) is 1. The molecular formula is C20H20N2O9. The van der Waals surface area contributed by atoms with Gasteiger partial charge in [-0.3, -0.25) is 4.79 Å². The number of hydrazone groups is 1. The minimum absolute atomic E-state index is 0.0124. The number of benzene rings is 2. The lowest BCUT2D eigenvalue weighted by atomic mass is 10.2. The van der Waals surface area contributed by atoms with E-state index in [0.717, 1.165) is 0 Å². The van der Waals surface area contributed by atoms with Crippen molar-refractivity contribution >= 4 is 24.1 Å². The fraction of sp³-hybridized carbons (Fsp3) is 0.200. The van der Waals surface area contributed by atoms with Gasteiger partial charge in [0.25, 0.3) is 5.91 Å². The fourth-order valence-corrected chi connectivity index (χ4v) is 2.21. The molecule has 0 heterocycles. The van der Waals surface area contributed by atoms with Crippen LogP contribution < -0.4 is 24.4 Å². The zero-order valence-electron chi connectivity index (χ0n) is 16.4. The molecule has 164 valence electrons. The van der Waals surface area contributed by atoms with Crippen molar-refractivity contribution in [2.75, 3.05) is 26.9 Å². The minimum atomic E-state index is -1.22. The maximum atomic E-state index is 11.9. The second kappa shape index (κ2) is 11.7. The minimum Gasteiger partial charge on any atom is -0.493 e. The number of carboxylic acids is 2. The molecule has 0 aromatic heterocycles. The number of rotatable bonds is 12. The van der Waals surface area contributed by atoms with Gasteiger partial charge in [-0.1, -0.05) is 12.1 Å². The third kappa shape index (κ3) is 7.93. The van der Waals surface area contributed by atoms with E-state index >= 15 is 0 Å². The number of carbonyl (C=O) groups is 3. The van der Waals surface area contributed by atoms with Crippen LogP contribution >= 0.6 is 0 Å². The molecule has 0 aliphatic heterocycles. The number of carbonyl (C=O) groups excluding carboxylic acids is 1. The van der Waals surface area contributed by atoms with Crippen LogP contribution in [-0.2, 0) is 14.4 Å². The molecule has 2 rings (SSSR count). The first-order valence-corrected chi connectivity index (χ1v) is 8.80. The average Bonchev–Trinajstić information content (AvgIpc) is 2.75. The predicted molar refractivity (Wildman–Crippen MR) is 107 cm³/mol. The van der Waals surface area contributed by atoms with Crippen molar-refractivity contribution in [3.63, 3.8) is 0 Å². The maximum Gasteiger partial charge on any atom is 0.341 e. The first kappa shape index (κ1) is 23.0. The summed E-state index contributed by atoms with van der Waals surface area (Å²) in [7, 11) is 1.49. The largest absolute Gasteiger partial charge is 0.493 e. The first-order chi connectivity index (χ1) is 14.9. The third-order valence-corrected chi connectivity index (χ3v) is 3.50. The molecule has 0 saturated carbocycles. The van der Waals surface area contributed by atoms with Crippen LogP contribution in [0.4, 0.5) is 0 Å². The van der Waals surface area contributed by atoms with Crippen LogP contribution in [0.3, 0.4) is 0 Å². The fourth-order valence-electron chi connectivity index (χ4n) is 2.21. The standard InChI is InChI=1S/C20H20N2O9/c1-28-14-4-2-3-5-15(14)29-10-18(23)22-21-9-13-6-7-16(30-11-19(24)25)17(8-13)31-12-20(26)27/h2-9H,10-12H2,1H3,(H,22,23)(H,24,25)(H,26,27)/b21-9+. The zero-order valence-corrected chi connectivity index (χ0v) is 16.4. The summed E-state index contributed by atoms with van der Waals surface area (Å²) in [6.07, 6.45) is 1.29. The smallest absolute Gasteiger partial charge is 0.341 e. The van der Waals surface area contributed by atoms with E-state index in [2.05, 4.69) is 10.5 Å². The van der Waals surface area contributed by atoms with Crippen molar-refractivity contribution < 1.29 is 43.5 Å². The molecule has 0 atom stereocenters. The molecule has 0 bridgehead atoms. The van der Waals surface area contributed by atoms with Crippen LogP contribution in [0.2, 0.25) is 0 Å². The number of carboxylic acid groups (broad SMARTS) is 2. The van der Waals surface area contributed by atoms with E-state index in [1.807, 2.05) is 0 Å². The summed E-state index contributed by atoms with van der Waals surface area (Å²) in [5.74, 6) is -1.99. The molecule has 3 N–H and O–H groups in total. The van der Waals surface area contributed by atoms with Gasteiger partial charge in [0.1, 0.15) is 0 Å². The molecule has 11 heteroatoms. The SMILES string of the molecule is COc1ccccc1OCC(=O)N/N=C/c1ccc(OCC(=O)O)c(OCC(=O)O)c1. The van der Waals surface area contributed by atoms with Gasteiger partial charge in [-0.15, -0.1) is 0 Å². The number of para-hydroxylation sites is 2. The van der Waals surface area contributed by atoms with Crippen molar-refractivity contribution in [3.8, 4) is 23.0 Å². The molecule has 0 spiro atoms. The highest BCUT2D eigenvalue weighted by Gasteiger charge is 2.10. The third-order valence-electron chi connectivity index (χ3n) is 3.50. The number of methoxy groups -OCH3 is 1. The summed E-state index contributed by atoms with van der Waals surface area (Å²) in [5, 5.41) is 21.3. The monoisotopic (exact) mass is 432 g/mol. The summed E-state index contributed by atoms with van der Waals surface area (Å²) in [6.45, 7) is -1.58. The second-order valence-electron chi connectivity index (χ2n) is 5.80. The van der Waals surface area contributed by atoms with Gasteiger partial charge in [0, 0.05) is 0 Å². The van der Waals surface area contributed by atoms with Crippen LogP contribution in [0.25, 0.3) is 0 Å². The highest BCUT2D eigenvalue weighted by Crippen LogP contribution is 2.28. The second-order valence-corrected chi connectivity index (χ2v) is 5.80. The molecule has 11 nitrogen and oxygen atoms in total. The lowest BCUT2D eigenvalue weighted by Crippen LogP contribution is -2.24. The Kier molecular flexibility index (Phi) is 8.65. The Morgan fingerprint density at radius 1 is 0.871 bits per heavy atom. The van der Waals surface area contributed by atoms with Gasteiger partial charge in [0.05, 0.1) is 13.3 Å². The van der Waals surface area contributed by atoms with Crippen molar-refractivity contribution in [2.24, 2.45) is 5.10 Å². The Morgan fingerprint density at radius 3 is 2.10 bits per heavy atom. The number of ether oxygens (including phenoxy) is 4. The van der Waals surface area contributed by atoms with Gasteiger partial charge < -0.3 is 29.2 Å². The van der Waals surface area contributed by atoms with Crippen molar-refractivity contribution in [3.05, 3.63) is 48.0 Å². The topological polar surface area (TPSA) is 153 Å². The lowest BCUT2D eigenvalue weighted by Gasteiger charge is -2.11. The van der Waals surface area contributed by atoms with E-state index < -0.39 is 31.1 Å². The summed E-state index contributed by atoms with van der Waals surface area (Å²) in [6, 6.07) is 11.2. The molecule has 0 radical (unpaired) electrons. The van der Waals surface area contributed by atoms with Gasteiger partial charge in [-0.05, 0) is 35.9 Å². The summed E-state index contributed by atoms with van der Waals surface area (Å²) >= 11 is 0. The molecule has 2 aromatic carbocycles. The van der Waals surface area contributed by atoms with Gasteiger partial charge in [-0.25, -0.2) is 15.0 Å². The van der Waals surface area contributed by atoms with Crippen LogP contribution in [0.1, 0.15) is 5.56 Å². The summed E-state index contributed by atoms with van der Waals surface area (Å²) in [4.78, 5) is 33.3. The van der Waals surface area contributed by atoms with E-state index in [-0.39, 0.29) is 18.1 Å². The van der Waals surface area contributed by atoms with Crippen LogP contribution in [-0.4, -0.2) is 61.2 Å². The number of hydrogen-bond donors (Lipinski definition) is 3. The molecule has 0 saturated heterocycles. The molecule has 0 fully saturated rings. The molecule has 0 unspecified atom stereocenters. The van der Waals surface area contributed by atoms with E-state index in [4.69, 9.17) is 29.2 Å². The number of hydrogen-bond acceptors (Lipinski definition) is 8. The molecule has 1 amide bonds. The highest BCUT2D eigenvalue weighted by atomic mass is 16.5. The van der Waals surface area contributed by atoms with Gasteiger partial charge >= 0.3 is 11.9 Å². The summed E-state index contributed by atoms with van der Waals surface area (Å²) in [5.41, 5.74) is 2.72. The predicted octanol–water partition coefficient (Wildman–Crippen LogP) is 1.15. The number of nitrogens with zero attached hydrogens (tertiary/aromatic N) is 1. The van der Waals surface area contributed by atoms with E-state index in [9.17, 15) is 14.4 Å². The van der Waals surface area contributed by atoms with Crippen LogP contribution in [0.5, 0.6) is 23.0 Å². The van der Waals surface area contributed by atoms with Crippen molar-refractivity contribution in [1.82, 2.24) is 5.43 Å². The van der Waals surface area contributed by atoms with Gasteiger partial charge in [-0.2, -0.15) is 5.10 Å². The average molecular weight is 432 g/mol. The molecular weight excluding hydrogens is 412 g/mol. The molecule has 0 aliphatic rings. The van der Waals surface area contributed by atoms with E-state index in [0.29, 0.717) is 17.1 Å². The van der Waals surface area contributed by atoms with Gasteiger partial charge in [0.2, 0.25) is 0 Å². The van der Waals surface area contributed by atoms with E-state index in [1.165, 1.54) is 31.5 Å². The quantitative estimate of drug-likeness (QED) is 0.331. The Hall–Kier alpha value is -4.28. The molecule has 31 heavy (non-hydrogen) atoms. The molecule has 0 aliphatic carbocycles. The Balaban J connectivity index is 1.96. The van der Waals surface area contributed by atoms with Crippen LogP contribution in [0, 0.1) is 0 Å². The van der Waals surface area contributed by atoms with Crippen molar-refractivity contribution in [1.29, 1.82) is 0 Å².